The zero-order valence-electron chi connectivity index (χ0n) is 13.8. The SMILES string of the molecule is CN1CCN(c2ccc(NC(=O)c3cc(C4CC4)[nH]n3)cn2)CC1. The van der Waals surface area contributed by atoms with Gasteiger partial charge in [0, 0.05) is 37.8 Å². The summed E-state index contributed by atoms with van der Waals surface area (Å²) in [4.78, 5) is 21.3. The molecule has 2 fully saturated rings. The highest BCUT2D eigenvalue weighted by Gasteiger charge is 2.26. The highest BCUT2D eigenvalue weighted by molar-refractivity contribution is 6.02. The van der Waals surface area contributed by atoms with E-state index in [-0.39, 0.29) is 5.91 Å². The average Bonchev–Trinajstić information content (AvgIpc) is 3.33. The van der Waals surface area contributed by atoms with Crippen LogP contribution in [0.3, 0.4) is 0 Å². The Hall–Kier alpha value is -2.41. The largest absolute Gasteiger partial charge is 0.354 e. The van der Waals surface area contributed by atoms with E-state index in [9.17, 15) is 4.79 Å². The quantitative estimate of drug-likeness (QED) is 0.894. The van der Waals surface area contributed by atoms with E-state index in [1.165, 1.54) is 12.8 Å². The van der Waals surface area contributed by atoms with Crippen LogP contribution < -0.4 is 10.2 Å². The number of carbonyl (C=O) groups is 1. The van der Waals surface area contributed by atoms with Gasteiger partial charge in [-0.1, -0.05) is 0 Å². The van der Waals surface area contributed by atoms with Crippen molar-refractivity contribution >= 4 is 17.4 Å². The van der Waals surface area contributed by atoms with Gasteiger partial charge in [-0.3, -0.25) is 9.89 Å². The molecule has 7 heteroatoms. The van der Waals surface area contributed by atoms with Crippen molar-refractivity contribution in [3.05, 3.63) is 35.8 Å². The fourth-order valence-corrected chi connectivity index (χ4v) is 2.93. The molecule has 1 aliphatic carbocycles. The Bertz CT molecular complexity index is 713. The Balaban J connectivity index is 1.38. The number of pyridine rings is 1. The second kappa shape index (κ2) is 6.24. The Morgan fingerprint density at radius 3 is 2.71 bits per heavy atom. The third-order valence-electron chi connectivity index (χ3n) is 4.68. The molecule has 3 heterocycles. The Morgan fingerprint density at radius 2 is 2.04 bits per heavy atom. The molecule has 7 nitrogen and oxygen atoms in total. The maximum absolute atomic E-state index is 12.3. The molecular formula is C17H22N6O. The van der Waals surface area contributed by atoms with Crippen LogP contribution in [-0.2, 0) is 0 Å². The first kappa shape index (κ1) is 15.1. The molecule has 2 aliphatic rings. The van der Waals surface area contributed by atoms with Crippen LogP contribution in [-0.4, -0.2) is 59.2 Å². The van der Waals surface area contributed by atoms with Crippen LogP contribution >= 0.6 is 0 Å². The van der Waals surface area contributed by atoms with Crippen molar-refractivity contribution in [2.75, 3.05) is 43.4 Å². The number of rotatable bonds is 4. The lowest BCUT2D eigenvalue weighted by molar-refractivity contribution is 0.102. The molecule has 1 saturated carbocycles. The number of hydrogen-bond donors (Lipinski definition) is 2. The molecule has 0 radical (unpaired) electrons. The smallest absolute Gasteiger partial charge is 0.276 e. The zero-order chi connectivity index (χ0) is 16.5. The van der Waals surface area contributed by atoms with Gasteiger partial charge in [-0.15, -0.1) is 0 Å². The number of piperazine rings is 1. The van der Waals surface area contributed by atoms with Crippen LogP contribution in [0.15, 0.2) is 24.4 Å². The summed E-state index contributed by atoms with van der Waals surface area (Å²) in [5, 5.41) is 9.91. The van der Waals surface area contributed by atoms with Gasteiger partial charge in [-0.2, -0.15) is 5.10 Å². The van der Waals surface area contributed by atoms with Crippen LogP contribution in [0.1, 0.15) is 34.9 Å². The van der Waals surface area contributed by atoms with Gasteiger partial charge in [-0.25, -0.2) is 4.98 Å². The fraction of sp³-hybridized carbons (Fsp3) is 0.471. The maximum Gasteiger partial charge on any atom is 0.276 e. The number of anilines is 2. The third-order valence-corrected chi connectivity index (χ3v) is 4.68. The molecule has 2 N–H and O–H groups in total. The molecular weight excluding hydrogens is 304 g/mol. The lowest BCUT2D eigenvalue weighted by Crippen LogP contribution is -2.44. The van der Waals surface area contributed by atoms with Gasteiger partial charge in [0.05, 0.1) is 11.9 Å². The minimum Gasteiger partial charge on any atom is -0.354 e. The Kier molecular flexibility index (Phi) is 3.93. The van der Waals surface area contributed by atoms with Crippen molar-refractivity contribution in [3.8, 4) is 0 Å². The van der Waals surface area contributed by atoms with E-state index in [2.05, 4.69) is 37.3 Å². The number of nitrogens with one attached hydrogen (secondary N) is 2. The highest BCUT2D eigenvalue weighted by atomic mass is 16.1. The molecule has 0 aromatic carbocycles. The van der Waals surface area contributed by atoms with Crippen molar-refractivity contribution in [1.29, 1.82) is 0 Å². The summed E-state index contributed by atoms with van der Waals surface area (Å²) in [5.74, 6) is 1.31. The molecule has 4 rings (SSSR count). The third kappa shape index (κ3) is 3.26. The van der Waals surface area contributed by atoms with Crippen LogP contribution in [0.25, 0.3) is 0 Å². The number of likely N-dealkylation sites (N-methyl/N-ethyl adjacent to an activating group) is 1. The number of aromatic amines is 1. The lowest BCUT2D eigenvalue weighted by Gasteiger charge is -2.33. The van der Waals surface area contributed by atoms with Gasteiger partial charge in [-0.05, 0) is 38.1 Å². The highest BCUT2D eigenvalue weighted by Crippen LogP contribution is 2.39. The number of hydrogen-bond acceptors (Lipinski definition) is 5. The fourth-order valence-electron chi connectivity index (χ4n) is 2.93. The minimum absolute atomic E-state index is 0.202. The van der Waals surface area contributed by atoms with Crippen molar-refractivity contribution in [1.82, 2.24) is 20.1 Å². The van der Waals surface area contributed by atoms with Crippen molar-refractivity contribution < 1.29 is 4.79 Å². The molecule has 1 amide bonds. The second-order valence-corrected chi connectivity index (χ2v) is 6.63. The molecule has 2 aromatic heterocycles. The summed E-state index contributed by atoms with van der Waals surface area (Å²) >= 11 is 0. The van der Waals surface area contributed by atoms with Gasteiger partial charge in [0.1, 0.15) is 5.82 Å². The van der Waals surface area contributed by atoms with E-state index < -0.39 is 0 Å². The number of nitrogens with zero attached hydrogens (tertiary/aromatic N) is 4. The summed E-state index contributed by atoms with van der Waals surface area (Å²) in [6, 6.07) is 5.70. The van der Waals surface area contributed by atoms with E-state index in [1.807, 2.05) is 18.2 Å². The van der Waals surface area contributed by atoms with E-state index >= 15 is 0 Å². The second-order valence-electron chi connectivity index (χ2n) is 6.63. The topological polar surface area (TPSA) is 77.1 Å². The monoisotopic (exact) mass is 326 g/mol. The van der Waals surface area contributed by atoms with E-state index in [4.69, 9.17) is 0 Å². The van der Waals surface area contributed by atoms with Gasteiger partial charge in [0.2, 0.25) is 0 Å². The summed E-state index contributed by atoms with van der Waals surface area (Å²) in [7, 11) is 2.13. The van der Waals surface area contributed by atoms with Gasteiger partial charge in [0.25, 0.3) is 5.91 Å². The molecule has 1 aliphatic heterocycles. The first-order chi connectivity index (χ1) is 11.7. The summed E-state index contributed by atoms with van der Waals surface area (Å²) in [6.07, 6.45) is 4.07. The predicted molar refractivity (Wildman–Crippen MR) is 92.5 cm³/mol. The van der Waals surface area contributed by atoms with Crippen molar-refractivity contribution in [2.24, 2.45) is 0 Å². The van der Waals surface area contributed by atoms with Gasteiger partial charge >= 0.3 is 0 Å². The molecule has 0 atom stereocenters. The minimum atomic E-state index is -0.202. The predicted octanol–water partition coefficient (Wildman–Crippen LogP) is 1.69. The molecule has 24 heavy (non-hydrogen) atoms. The van der Waals surface area contributed by atoms with E-state index in [0.29, 0.717) is 17.3 Å². The maximum atomic E-state index is 12.3. The number of amides is 1. The zero-order valence-corrected chi connectivity index (χ0v) is 13.8. The average molecular weight is 326 g/mol. The Morgan fingerprint density at radius 1 is 1.25 bits per heavy atom. The molecule has 2 aromatic rings. The standard InChI is InChI=1S/C17H22N6O/c1-22-6-8-23(9-7-22)16-5-4-13(11-18-16)19-17(24)15-10-14(20-21-15)12-2-3-12/h4-5,10-12H,2-3,6-9H2,1H3,(H,19,24)(H,20,21). The number of aromatic nitrogens is 3. The summed E-state index contributed by atoms with van der Waals surface area (Å²) < 4.78 is 0. The van der Waals surface area contributed by atoms with Crippen LogP contribution in [0, 0.1) is 0 Å². The first-order valence-corrected chi connectivity index (χ1v) is 8.45. The molecule has 0 unspecified atom stereocenters. The van der Waals surface area contributed by atoms with E-state index in [1.54, 1.807) is 6.20 Å². The molecule has 0 bridgehead atoms. The van der Waals surface area contributed by atoms with Crippen LogP contribution in [0.5, 0.6) is 0 Å². The number of H-pyrrole nitrogens is 1. The number of carbonyl (C=O) groups excluding carboxylic acids is 1. The van der Waals surface area contributed by atoms with E-state index in [0.717, 1.165) is 37.7 Å². The first-order valence-electron chi connectivity index (χ1n) is 8.45. The summed E-state index contributed by atoms with van der Waals surface area (Å²) in [5.41, 5.74) is 2.18. The van der Waals surface area contributed by atoms with Crippen LogP contribution in [0.4, 0.5) is 11.5 Å². The van der Waals surface area contributed by atoms with Crippen molar-refractivity contribution in [2.45, 2.75) is 18.8 Å². The van der Waals surface area contributed by atoms with Gasteiger partial charge < -0.3 is 15.1 Å². The van der Waals surface area contributed by atoms with Crippen LogP contribution in [0.2, 0.25) is 0 Å². The van der Waals surface area contributed by atoms with Gasteiger partial charge in [0.15, 0.2) is 5.69 Å². The summed E-state index contributed by atoms with van der Waals surface area (Å²) in [6.45, 7) is 4.05. The molecule has 1 saturated heterocycles. The molecule has 0 spiro atoms. The lowest BCUT2D eigenvalue weighted by atomic mass is 10.2. The Labute approximate surface area is 141 Å². The normalized spacial score (nSPS) is 18.6. The molecule has 126 valence electrons. The van der Waals surface area contributed by atoms with Crippen molar-refractivity contribution in [3.63, 3.8) is 0 Å².